The predicted octanol–water partition coefficient (Wildman–Crippen LogP) is 0.127. The van der Waals surface area contributed by atoms with Gasteiger partial charge in [0.15, 0.2) is 0 Å². The zero-order valence-electron chi connectivity index (χ0n) is 10.5. The molecule has 1 saturated heterocycles. The van der Waals surface area contributed by atoms with Gasteiger partial charge in [-0.3, -0.25) is 4.79 Å². The van der Waals surface area contributed by atoms with Crippen molar-refractivity contribution in [1.29, 1.82) is 0 Å². The van der Waals surface area contributed by atoms with Crippen LogP contribution in [0, 0.1) is 5.92 Å². The van der Waals surface area contributed by atoms with Crippen molar-refractivity contribution in [3.05, 3.63) is 12.2 Å². The number of carbonyl (C=O) groups excluding carboxylic acids is 3. The van der Waals surface area contributed by atoms with Gasteiger partial charge in [-0.15, -0.1) is 0 Å². The molecule has 0 bridgehead atoms. The van der Waals surface area contributed by atoms with Gasteiger partial charge in [-0.05, 0) is 6.92 Å². The molecule has 1 rings (SSSR count). The van der Waals surface area contributed by atoms with Crippen molar-refractivity contribution in [3.8, 4) is 0 Å². The average molecular weight is 255 g/mol. The molecular weight excluding hydrogens is 238 g/mol. The second kappa shape index (κ2) is 6.78. The summed E-state index contributed by atoms with van der Waals surface area (Å²) in [6.07, 6.45) is 2.42. The number of rotatable bonds is 5. The Balaban J connectivity index is 2.30. The molecule has 0 N–H and O–H groups in total. The Labute approximate surface area is 106 Å². The Bertz CT molecular complexity index is 363. The van der Waals surface area contributed by atoms with Crippen molar-refractivity contribution in [3.63, 3.8) is 0 Å². The fourth-order valence-electron chi connectivity index (χ4n) is 1.72. The van der Waals surface area contributed by atoms with Crippen LogP contribution < -0.4 is 0 Å². The quantitative estimate of drug-likeness (QED) is 0.515. The third-order valence-corrected chi connectivity index (χ3v) is 2.69. The molecule has 18 heavy (non-hydrogen) atoms. The van der Waals surface area contributed by atoms with Crippen LogP contribution in [-0.4, -0.2) is 49.6 Å². The first-order valence-electron chi connectivity index (χ1n) is 5.77. The van der Waals surface area contributed by atoms with Gasteiger partial charge in [-0.2, -0.15) is 0 Å². The monoisotopic (exact) mass is 255 g/mol. The lowest BCUT2D eigenvalue weighted by Crippen LogP contribution is -2.25. The minimum Gasteiger partial charge on any atom is -0.466 e. The van der Waals surface area contributed by atoms with Crippen molar-refractivity contribution < 1.29 is 23.9 Å². The molecular formula is C12H17NO5. The van der Waals surface area contributed by atoms with Crippen LogP contribution in [0.3, 0.4) is 0 Å². The van der Waals surface area contributed by atoms with Gasteiger partial charge in [-0.1, -0.05) is 0 Å². The Morgan fingerprint density at radius 1 is 1.39 bits per heavy atom. The van der Waals surface area contributed by atoms with Crippen molar-refractivity contribution in [1.82, 2.24) is 4.90 Å². The van der Waals surface area contributed by atoms with Crippen LogP contribution in [-0.2, 0) is 23.9 Å². The van der Waals surface area contributed by atoms with Gasteiger partial charge >= 0.3 is 11.9 Å². The van der Waals surface area contributed by atoms with Crippen LogP contribution in [0.15, 0.2) is 12.2 Å². The van der Waals surface area contributed by atoms with E-state index in [1.807, 2.05) is 6.92 Å². The maximum Gasteiger partial charge on any atom is 0.331 e. The molecule has 0 radical (unpaired) electrons. The fraction of sp³-hybridized carbons (Fsp3) is 0.583. The summed E-state index contributed by atoms with van der Waals surface area (Å²) >= 11 is 0. The molecule has 0 aromatic heterocycles. The first-order chi connectivity index (χ1) is 8.56. The summed E-state index contributed by atoms with van der Waals surface area (Å²) in [6.45, 7) is 3.38. The molecule has 1 heterocycles. The second-order valence-corrected chi connectivity index (χ2v) is 3.99. The van der Waals surface area contributed by atoms with Crippen LogP contribution in [0.5, 0.6) is 0 Å². The lowest BCUT2D eigenvalue weighted by atomic mass is 10.1. The molecule has 0 saturated carbocycles. The minimum absolute atomic E-state index is 0.0351. The highest BCUT2D eigenvalue weighted by molar-refractivity contribution is 5.91. The summed E-state index contributed by atoms with van der Waals surface area (Å²) in [6, 6.07) is 0. The van der Waals surface area contributed by atoms with Gasteiger partial charge in [0, 0.05) is 37.6 Å². The summed E-state index contributed by atoms with van der Waals surface area (Å²) < 4.78 is 9.29. The SMILES string of the molecule is CCN1CC(COC(=O)/C=C/C(=O)OC)CC1=O. The molecule has 1 fully saturated rings. The average Bonchev–Trinajstić information content (AvgIpc) is 2.73. The van der Waals surface area contributed by atoms with Gasteiger partial charge in [0.1, 0.15) is 0 Å². The number of ether oxygens (including phenoxy) is 2. The molecule has 1 unspecified atom stereocenters. The Morgan fingerprint density at radius 3 is 2.61 bits per heavy atom. The number of hydrogen-bond donors (Lipinski definition) is 0. The highest BCUT2D eigenvalue weighted by Crippen LogP contribution is 2.17. The van der Waals surface area contributed by atoms with E-state index in [1.54, 1.807) is 4.90 Å². The molecule has 0 aromatic rings. The standard InChI is InChI=1S/C12H17NO5/c1-3-13-7-9(6-10(13)14)8-18-12(16)5-4-11(15)17-2/h4-5,9H,3,6-8H2,1-2H3/b5-4+. The summed E-state index contributed by atoms with van der Waals surface area (Å²) in [5, 5.41) is 0. The maximum atomic E-state index is 11.4. The smallest absolute Gasteiger partial charge is 0.331 e. The third kappa shape index (κ3) is 4.20. The van der Waals surface area contributed by atoms with Crippen LogP contribution in [0.2, 0.25) is 0 Å². The maximum absolute atomic E-state index is 11.4. The van der Waals surface area contributed by atoms with E-state index in [-0.39, 0.29) is 18.4 Å². The third-order valence-electron chi connectivity index (χ3n) is 2.69. The number of carbonyl (C=O) groups is 3. The van der Waals surface area contributed by atoms with Gasteiger partial charge in [0.25, 0.3) is 0 Å². The normalized spacial score (nSPS) is 19.3. The molecule has 1 aliphatic rings. The number of likely N-dealkylation sites (tertiary alicyclic amines) is 1. The highest BCUT2D eigenvalue weighted by Gasteiger charge is 2.28. The molecule has 0 aromatic carbocycles. The van der Waals surface area contributed by atoms with Gasteiger partial charge in [0.2, 0.25) is 5.91 Å². The first kappa shape index (κ1) is 14.2. The predicted molar refractivity (Wildman–Crippen MR) is 62.5 cm³/mol. The Kier molecular flexibility index (Phi) is 5.35. The van der Waals surface area contributed by atoms with Gasteiger partial charge < -0.3 is 14.4 Å². The number of methoxy groups -OCH3 is 1. The summed E-state index contributed by atoms with van der Waals surface area (Å²) in [7, 11) is 1.22. The van der Waals surface area contributed by atoms with Gasteiger partial charge in [-0.25, -0.2) is 9.59 Å². The lowest BCUT2D eigenvalue weighted by Gasteiger charge is -2.13. The van der Waals surface area contributed by atoms with Crippen molar-refractivity contribution in [2.24, 2.45) is 5.92 Å². The van der Waals surface area contributed by atoms with Crippen molar-refractivity contribution >= 4 is 17.8 Å². The minimum atomic E-state index is -0.611. The largest absolute Gasteiger partial charge is 0.466 e. The van der Waals surface area contributed by atoms with Crippen LogP contribution in [0.1, 0.15) is 13.3 Å². The van der Waals surface area contributed by atoms with E-state index in [0.29, 0.717) is 19.5 Å². The Hall–Kier alpha value is -1.85. The van der Waals surface area contributed by atoms with E-state index < -0.39 is 11.9 Å². The molecule has 0 aliphatic carbocycles. The number of amides is 1. The topological polar surface area (TPSA) is 72.9 Å². The van der Waals surface area contributed by atoms with Gasteiger partial charge in [0.05, 0.1) is 13.7 Å². The van der Waals surface area contributed by atoms with E-state index in [4.69, 9.17) is 4.74 Å². The molecule has 100 valence electrons. The number of nitrogens with zero attached hydrogens (tertiary/aromatic N) is 1. The van der Waals surface area contributed by atoms with E-state index in [1.165, 1.54) is 7.11 Å². The lowest BCUT2D eigenvalue weighted by molar-refractivity contribution is -0.140. The highest BCUT2D eigenvalue weighted by atomic mass is 16.5. The molecule has 1 amide bonds. The van der Waals surface area contributed by atoms with E-state index >= 15 is 0 Å². The molecule has 1 aliphatic heterocycles. The number of esters is 2. The zero-order valence-corrected chi connectivity index (χ0v) is 10.5. The van der Waals surface area contributed by atoms with E-state index in [0.717, 1.165) is 12.2 Å². The van der Waals surface area contributed by atoms with E-state index in [9.17, 15) is 14.4 Å². The first-order valence-corrected chi connectivity index (χ1v) is 5.77. The zero-order chi connectivity index (χ0) is 13.5. The molecule has 6 heteroatoms. The van der Waals surface area contributed by atoms with Crippen LogP contribution in [0.4, 0.5) is 0 Å². The fourth-order valence-corrected chi connectivity index (χ4v) is 1.72. The van der Waals surface area contributed by atoms with Crippen molar-refractivity contribution in [2.75, 3.05) is 26.8 Å². The summed E-state index contributed by atoms with van der Waals surface area (Å²) in [5.74, 6) is -1.10. The summed E-state index contributed by atoms with van der Waals surface area (Å²) in [4.78, 5) is 35.1. The molecule has 6 nitrogen and oxygen atoms in total. The molecule has 0 spiro atoms. The van der Waals surface area contributed by atoms with Crippen molar-refractivity contribution in [2.45, 2.75) is 13.3 Å². The summed E-state index contributed by atoms with van der Waals surface area (Å²) in [5.41, 5.74) is 0. The van der Waals surface area contributed by atoms with Crippen LogP contribution >= 0.6 is 0 Å². The van der Waals surface area contributed by atoms with Crippen LogP contribution in [0.25, 0.3) is 0 Å². The Morgan fingerprint density at radius 2 is 2.06 bits per heavy atom. The number of hydrogen-bond acceptors (Lipinski definition) is 5. The molecule has 1 atom stereocenters. The second-order valence-electron chi connectivity index (χ2n) is 3.99. The van der Waals surface area contributed by atoms with E-state index in [2.05, 4.69) is 4.74 Å².